The maximum absolute atomic E-state index is 11.0. The van der Waals surface area contributed by atoms with E-state index in [9.17, 15) is 4.79 Å². The van der Waals surface area contributed by atoms with Crippen molar-refractivity contribution in [3.63, 3.8) is 0 Å². The van der Waals surface area contributed by atoms with Crippen molar-refractivity contribution in [2.75, 3.05) is 43.1 Å². The second-order valence-corrected chi connectivity index (χ2v) is 5.88. The van der Waals surface area contributed by atoms with Gasteiger partial charge in [-0.1, -0.05) is 0 Å². The number of carbonyl (C=O) groups is 1. The third-order valence-corrected chi connectivity index (χ3v) is 4.05. The lowest BCUT2D eigenvalue weighted by molar-refractivity contribution is -0.134. The van der Waals surface area contributed by atoms with Crippen LogP contribution in [0.4, 0.5) is 11.8 Å². The van der Waals surface area contributed by atoms with Crippen LogP contribution in [-0.2, 0) is 16.6 Å². The van der Waals surface area contributed by atoms with Gasteiger partial charge in [-0.2, -0.15) is 15.1 Å². The van der Waals surface area contributed by atoms with Gasteiger partial charge in [-0.15, -0.1) is 0 Å². The van der Waals surface area contributed by atoms with E-state index < -0.39 is 5.97 Å². The summed E-state index contributed by atoms with van der Waals surface area (Å²) in [6.45, 7) is 2.28. The minimum Gasteiger partial charge on any atom is -0.480 e. The number of nitrogens with zero attached hydrogens (tertiary/aromatic N) is 7. The van der Waals surface area contributed by atoms with Crippen LogP contribution in [0.3, 0.4) is 0 Å². The highest BCUT2D eigenvalue weighted by molar-refractivity contribution is 5.87. The summed E-state index contributed by atoms with van der Waals surface area (Å²) in [5, 5.41) is 16.0. The summed E-state index contributed by atoms with van der Waals surface area (Å²) in [5.41, 5.74) is 1.90. The topological polar surface area (TPSA) is 123 Å². The van der Waals surface area contributed by atoms with Crippen LogP contribution in [0.5, 0.6) is 0 Å². The van der Waals surface area contributed by atoms with Crippen molar-refractivity contribution in [2.45, 2.75) is 0 Å². The zero-order chi connectivity index (χ0) is 18.1. The average Bonchev–Trinajstić information content (AvgIpc) is 3.26. The van der Waals surface area contributed by atoms with Gasteiger partial charge in [-0.05, 0) is 0 Å². The van der Waals surface area contributed by atoms with E-state index in [1.165, 1.54) is 0 Å². The lowest BCUT2D eigenvalue weighted by Crippen LogP contribution is -2.37. The summed E-state index contributed by atoms with van der Waals surface area (Å²) in [4.78, 5) is 26.5. The Morgan fingerprint density at radius 1 is 1.35 bits per heavy atom. The monoisotopic (exact) mass is 358 g/mol. The molecule has 11 heteroatoms. The quantitative estimate of drug-likeness (QED) is 0.642. The number of aromatic nitrogens is 6. The second-order valence-electron chi connectivity index (χ2n) is 5.88. The molecule has 0 bridgehead atoms. The van der Waals surface area contributed by atoms with Crippen molar-refractivity contribution in [2.24, 2.45) is 7.05 Å². The summed E-state index contributed by atoms with van der Waals surface area (Å²) in [6, 6.07) is 0. The Labute approximate surface area is 148 Å². The number of hydrogen-bond donors (Lipinski definition) is 2. The number of aliphatic carboxylic acids is 1. The fourth-order valence-corrected chi connectivity index (χ4v) is 2.80. The Balaban J connectivity index is 1.82. The number of carboxylic acids is 1. The third-order valence-electron chi connectivity index (χ3n) is 4.05. The number of ether oxygens (including phenoxy) is 1. The van der Waals surface area contributed by atoms with Crippen molar-refractivity contribution in [1.82, 2.24) is 29.3 Å². The SMILES string of the molecule is Cn1cc(-n2cnc3c(NCC(=O)O)nc(N4CCOCC4)nc32)cn1. The first kappa shape index (κ1) is 16.3. The molecule has 0 aliphatic carbocycles. The smallest absolute Gasteiger partial charge is 0.322 e. The van der Waals surface area contributed by atoms with Crippen LogP contribution >= 0.6 is 0 Å². The lowest BCUT2D eigenvalue weighted by atomic mass is 10.4. The number of fused-ring (bicyclic) bond motifs is 1. The first-order chi connectivity index (χ1) is 12.6. The highest BCUT2D eigenvalue weighted by Gasteiger charge is 2.20. The predicted molar refractivity (Wildman–Crippen MR) is 92.6 cm³/mol. The summed E-state index contributed by atoms with van der Waals surface area (Å²) in [6.07, 6.45) is 5.19. The number of rotatable bonds is 5. The molecule has 3 aromatic heterocycles. The van der Waals surface area contributed by atoms with Crippen LogP contribution in [0.2, 0.25) is 0 Å². The normalized spacial score (nSPS) is 14.7. The zero-order valence-corrected chi connectivity index (χ0v) is 14.2. The van der Waals surface area contributed by atoms with Crippen LogP contribution in [0.15, 0.2) is 18.7 Å². The van der Waals surface area contributed by atoms with Crippen molar-refractivity contribution < 1.29 is 14.6 Å². The number of anilines is 2. The predicted octanol–water partition coefficient (Wildman–Crippen LogP) is -0.118. The first-order valence-corrected chi connectivity index (χ1v) is 8.14. The van der Waals surface area contributed by atoms with Crippen molar-refractivity contribution in [3.05, 3.63) is 18.7 Å². The molecule has 4 heterocycles. The fourth-order valence-electron chi connectivity index (χ4n) is 2.80. The van der Waals surface area contributed by atoms with E-state index in [0.717, 1.165) is 5.69 Å². The molecule has 0 unspecified atom stereocenters. The van der Waals surface area contributed by atoms with Gasteiger partial charge in [0.15, 0.2) is 17.0 Å². The molecule has 0 spiro atoms. The number of morpholine rings is 1. The van der Waals surface area contributed by atoms with Gasteiger partial charge in [0.2, 0.25) is 5.95 Å². The van der Waals surface area contributed by atoms with E-state index in [1.807, 2.05) is 18.1 Å². The number of hydrogen-bond acceptors (Lipinski definition) is 8. The largest absolute Gasteiger partial charge is 0.480 e. The molecule has 11 nitrogen and oxygen atoms in total. The molecule has 0 saturated carbocycles. The Morgan fingerprint density at radius 3 is 2.85 bits per heavy atom. The van der Waals surface area contributed by atoms with Gasteiger partial charge in [-0.25, -0.2) is 4.98 Å². The maximum Gasteiger partial charge on any atom is 0.322 e. The minimum atomic E-state index is -0.976. The van der Waals surface area contributed by atoms with E-state index >= 15 is 0 Å². The summed E-state index contributed by atoms with van der Waals surface area (Å²) < 4.78 is 8.87. The van der Waals surface area contributed by atoms with Crippen molar-refractivity contribution in [3.8, 4) is 5.69 Å². The molecule has 26 heavy (non-hydrogen) atoms. The Kier molecular flexibility index (Phi) is 4.13. The molecule has 1 fully saturated rings. The van der Waals surface area contributed by atoms with E-state index in [2.05, 4.69) is 25.4 Å². The number of carboxylic acid groups (broad SMARTS) is 1. The molecule has 0 atom stereocenters. The van der Waals surface area contributed by atoms with Crippen molar-refractivity contribution in [1.29, 1.82) is 0 Å². The molecule has 1 saturated heterocycles. The molecule has 136 valence electrons. The molecule has 0 radical (unpaired) electrons. The van der Waals surface area contributed by atoms with Gasteiger partial charge in [-0.3, -0.25) is 14.0 Å². The molecule has 2 N–H and O–H groups in total. The molecule has 4 rings (SSSR count). The first-order valence-electron chi connectivity index (χ1n) is 8.14. The highest BCUT2D eigenvalue weighted by atomic mass is 16.5. The van der Waals surface area contributed by atoms with Crippen LogP contribution in [0, 0.1) is 0 Å². The summed E-state index contributed by atoms with van der Waals surface area (Å²) in [5.74, 6) is -0.0720. The Morgan fingerprint density at radius 2 is 2.15 bits per heavy atom. The van der Waals surface area contributed by atoms with E-state index in [-0.39, 0.29) is 6.54 Å². The van der Waals surface area contributed by atoms with E-state index in [0.29, 0.717) is 49.2 Å². The summed E-state index contributed by atoms with van der Waals surface area (Å²) in [7, 11) is 1.83. The minimum absolute atomic E-state index is 0.256. The molecule has 1 aliphatic heterocycles. The molecule has 1 aliphatic rings. The van der Waals surface area contributed by atoms with Gasteiger partial charge in [0.25, 0.3) is 0 Å². The van der Waals surface area contributed by atoms with E-state index in [1.54, 1.807) is 21.8 Å². The number of aryl methyl sites for hydroxylation is 1. The number of imidazole rings is 1. The second kappa shape index (κ2) is 6.59. The third kappa shape index (κ3) is 3.04. The molecule has 0 amide bonds. The highest BCUT2D eigenvalue weighted by Crippen LogP contribution is 2.25. The maximum atomic E-state index is 11.0. The molecule has 3 aromatic rings. The molecular weight excluding hydrogens is 340 g/mol. The average molecular weight is 358 g/mol. The number of nitrogens with one attached hydrogen (secondary N) is 1. The van der Waals surface area contributed by atoms with Gasteiger partial charge < -0.3 is 20.1 Å². The summed E-state index contributed by atoms with van der Waals surface area (Å²) >= 11 is 0. The Bertz CT molecular complexity index is 944. The van der Waals surface area contributed by atoms with Gasteiger partial charge in [0.05, 0.1) is 25.1 Å². The van der Waals surface area contributed by atoms with E-state index in [4.69, 9.17) is 9.84 Å². The van der Waals surface area contributed by atoms with Crippen molar-refractivity contribution >= 4 is 28.9 Å². The van der Waals surface area contributed by atoms with Crippen LogP contribution < -0.4 is 10.2 Å². The standard InChI is InChI=1S/C15H18N8O3/c1-21-8-10(6-18-21)23-9-17-12-13(16-7-11(24)25)19-15(20-14(12)23)22-2-4-26-5-3-22/h6,8-9H,2-5,7H2,1H3,(H,24,25)(H,16,19,20). The molecular formula is C15H18N8O3. The Hall–Kier alpha value is -3.21. The van der Waals surface area contributed by atoms with Crippen LogP contribution in [0.1, 0.15) is 0 Å². The van der Waals surface area contributed by atoms with Gasteiger partial charge in [0, 0.05) is 26.3 Å². The van der Waals surface area contributed by atoms with Gasteiger partial charge >= 0.3 is 5.97 Å². The van der Waals surface area contributed by atoms with Crippen LogP contribution in [0.25, 0.3) is 16.9 Å². The fraction of sp³-hybridized carbons (Fsp3) is 0.400. The van der Waals surface area contributed by atoms with Crippen LogP contribution in [-0.4, -0.2) is 73.2 Å². The molecule has 0 aromatic carbocycles. The van der Waals surface area contributed by atoms with Gasteiger partial charge in [0.1, 0.15) is 12.9 Å². The lowest BCUT2D eigenvalue weighted by Gasteiger charge is -2.27. The zero-order valence-electron chi connectivity index (χ0n) is 14.2.